The number of rotatable bonds is 1. The van der Waals surface area contributed by atoms with E-state index in [1.165, 1.54) is 11.3 Å². The average molecular weight is 141 g/mol. The molecule has 9 heavy (non-hydrogen) atoms. The van der Waals surface area contributed by atoms with E-state index in [1.54, 1.807) is 0 Å². The van der Waals surface area contributed by atoms with E-state index in [2.05, 4.69) is 11.9 Å². The number of thiazole rings is 1. The van der Waals surface area contributed by atoms with Crippen molar-refractivity contribution >= 4 is 11.3 Å². The lowest BCUT2D eigenvalue weighted by atomic mass is 10.3. The van der Waals surface area contributed by atoms with Gasteiger partial charge in [-0.1, -0.05) is 0 Å². The second-order valence-corrected chi connectivity index (χ2v) is 2.90. The third-order valence-electron chi connectivity index (χ3n) is 1.04. The Morgan fingerprint density at radius 1 is 1.89 bits per heavy atom. The molecule has 0 fully saturated rings. The van der Waals surface area contributed by atoms with Gasteiger partial charge in [-0.05, 0) is 6.92 Å². The van der Waals surface area contributed by atoms with Gasteiger partial charge in [0.05, 0.1) is 10.7 Å². The minimum atomic E-state index is 0.0387. The molecule has 1 atom stereocenters. The second kappa shape index (κ2) is 2.45. The number of nitrogens with zero attached hydrogens (tertiary/aromatic N) is 1. The summed E-state index contributed by atoms with van der Waals surface area (Å²) in [6, 6.07) is 0.0387. The van der Waals surface area contributed by atoms with Gasteiger partial charge < -0.3 is 5.73 Å². The van der Waals surface area contributed by atoms with E-state index in [9.17, 15) is 0 Å². The van der Waals surface area contributed by atoms with Gasteiger partial charge in [-0.3, -0.25) is 0 Å². The van der Waals surface area contributed by atoms with Crippen LogP contribution in [0.25, 0.3) is 0 Å². The van der Waals surface area contributed by atoms with E-state index in [0.717, 1.165) is 10.7 Å². The predicted molar refractivity (Wildman–Crippen MR) is 39.2 cm³/mol. The third kappa shape index (κ3) is 1.50. The van der Waals surface area contributed by atoms with E-state index < -0.39 is 0 Å². The van der Waals surface area contributed by atoms with Gasteiger partial charge in [0, 0.05) is 18.3 Å². The molecular weight excluding hydrogens is 132 g/mol. The van der Waals surface area contributed by atoms with Crippen LogP contribution in [0, 0.1) is 6.92 Å². The van der Waals surface area contributed by atoms with E-state index in [1.807, 2.05) is 12.3 Å². The zero-order valence-corrected chi connectivity index (χ0v) is 6.11. The minimum absolute atomic E-state index is 0.0387. The van der Waals surface area contributed by atoms with Gasteiger partial charge in [-0.15, -0.1) is 11.3 Å². The van der Waals surface area contributed by atoms with E-state index in [4.69, 9.17) is 5.73 Å². The molecule has 0 amide bonds. The molecule has 0 aliphatic rings. The second-order valence-electron chi connectivity index (χ2n) is 1.95. The van der Waals surface area contributed by atoms with Crippen molar-refractivity contribution in [3.8, 4) is 0 Å². The highest BCUT2D eigenvalue weighted by Gasteiger charge is 2.01. The summed E-state index contributed by atoms with van der Waals surface area (Å²) >= 11 is 1.53. The highest BCUT2D eigenvalue weighted by atomic mass is 32.1. The largest absolute Gasteiger partial charge is 0.323 e. The first-order valence-electron chi connectivity index (χ1n) is 2.73. The van der Waals surface area contributed by atoms with Crippen molar-refractivity contribution in [2.24, 2.45) is 5.73 Å². The van der Waals surface area contributed by atoms with Gasteiger partial charge in [0.1, 0.15) is 0 Å². The van der Waals surface area contributed by atoms with Crippen LogP contribution in [0.15, 0.2) is 5.38 Å². The maximum atomic E-state index is 5.54. The molecule has 0 bridgehead atoms. The van der Waals surface area contributed by atoms with Gasteiger partial charge in [0.2, 0.25) is 0 Å². The SMILES string of the molecule is [CH2]c1nc(C(C)N)cs1. The van der Waals surface area contributed by atoms with Crippen LogP contribution in [-0.4, -0.2) is 4.98 Å². The zero-order valence-electron chi connectivity index (χ0n) is 5.29. The number of hydrogen-bond acceptors (Lipinski definition) is 3. The Morgan fingerprint density at radius 3 is 2.78 bits per heavy atom. The molecule has 0 aromatic carbocycles. The normalized spacial score (nSPS) is 13.7. The maximum absolute atomic E-state index is 5.54. The molecule has 1 unspecified atom stereocenters. The summed E-state index contributed by atoms with van der Waals surface area (Å²) in [7, 11) is 0. The van der Waals surface area contributed by atoms with Crippen LogP contribution in [0.3, 0.4) is 0 Å². The first kappa shape index (κ1) is 6.71. The van der Waals surface area contributed by atoms with Crippen molar-refractivity contribution in [3.63, 3.8) is 0 Å². The summed E-state index contributed by atoms with van der Waals surface area (Å²) in [6.07, 6.45) is 0. The first-order chi connectivity index (χ1) is 4.20. The van der Waals surface area contributed by atoms with Crippen LogP contribution in [0.4, 0.5) is 0 Å². The van der Waals surface area contributed by atoms with Crippen molar-refractivity contribution in [2.45, 2.75) is 13.0 Å². The summed E-state index contributed by atoms with van der Waals surface area (Å²) in [5.41, 5.74) is 6.48. The van der Waals surface area contributed by atoms with Gasteiger partial charge in [0.25, 0.3) is 0 Å². The van der Waals surface area contributed by atoms with Crippen molar-refractivity contribution in [3.05, 3.63) is 23.0 Å². The molecule has 1 aromatic heterocycles. The molecule has 0 aliphatic heterocycles. The molecule has 0 spiro atoms. The number of aromatic nitrogens is 1. The first-order valence-corrected chi connectivity index (χ1v) is 3.61. The Bertz CT molecular complexity index is 193. The molecule has 1 rings (SSSR count). The van der Waals surface area contributed by atoms with Crippen molar-refractivity contribution < 1.29 is 0 Å². The maximum Gasteiger partial charge on any atom is 0.0933 e. The van der Waals surface area contributed by atoms with E-state index in [-0.39, 0.29) is 6.04 Å². The molecule has 3 heteroatoms. The fraction of sp³-hybridized carbons (Fsp3) is 0.333. The fourth-order valence-corrected chi connectivity index (χ4v) is 1.22. The number of nitrogens with two attached hydrogens (primary N) is 1. The van der Waals surface area contributed by atoms with Crippen LogP contribution in [-0.2, 0) is 0 Å². The molecule has 1 heterocycles. The Kier molecular flexibility index (Phi) is 1.83. The standard InChI is InChI=1S/C6H9N2S/c1-4(7)6-3-9-5(2)8-6/h3-4H,2,7H2,1H3. The van der Waals surface area contributed by atoms with Crippen molar-refractivity contribution in [1.29, 1.82) is 0 Å². The lowest BCUT2D eigenvalue weighted by Gasteiger charge is -1.95. The zero-order chi connectivity index (χ0) is 6.85. The summed E-state index contributed by atoms with van der Waals surface area (Å²) in [5.74, 6) is 0. The Labute approximate surface area is 58.7 Å². The highest BCUT2D eigenvalue weighted by Crippen LogP contribution is 2.12. The average Bonchev–Trinajstić information content (AvgIpc) is 2.14. The molecule has 2 nitrogen and oxygen atoms in total. The molecule has 2 N–H and O–H groups in total. The van der Waals surface area contributed by atoms with Crippen LogP contribution in [0.1, 0.15) is 23.7 Å². The fourth-order valence-electron chi connectivity index (χ4n) is 0.534. The number of hydrogen-bond donors (Lipinski definition) is 1. The highest BCUT2D eigenvalue weighted by molar-refractivity contribution is 7.09. The molecule has 1 radical (unpaired) electrons. The van der Waals surface area contributed by atoms with Gasteiger partial charge in [0.15, 0.2) is 0 Å². The topological polar surface area (TPSA) is 38.9 Å². The van der Waals surface area contributed by atoms with Crippen LogP contribution in [0.5, 0.6) is 0 Å². The molecule has 0 aliphatic carbocycles. The lowest BCUT2D eigenvalue weighted by Crippen LogP contribution is -2.04. The Balaban J connectivity index is 2.85. The summed E-state index contributed by atoms with van der Waals surface area (Å²) < 4.78 is 0. The quantitative estimate of drug-likeness (QED) is 0.641. The molecule has 49 valence electrons. The van der Waals surface area contributed by atoms with E-state index in [0.29, 0.717) is 0 Å². The predicted octanol–water partition coefficient (Wildman–Crippen LogP) is 1.34. The molecule has 1 aromatic rings. The minimum Gasteiger partial charge on any atom is -0.323 e. The Hall–Kier alpha value is -0.410. The van der Waals surface area contributed by atoms with Crippen LogP contribution in [0.2, 0.25) is 0 Å². The van der Waals surface area contributed by atoms with Gasteiger partial charge >= 0.3 is 0 Å². The molecule has 0 saturated heterocycles. The Morgan fingerprint density at radius 2 is 2.56 bits per heavy atom. The molecule has 0 saturated carbocycles. The van der Waals surface area contributed by atoms with Crippen molar-refractivity contribution in [1.82, 2.24) is 4.98 Å². The monoisotopic (exact) mass is 141 g/mol. The van der Waals surface area contributed by atoms with Crippen molar-refractivity contribution in [2.75, 3.05) is 0 Å². The third-order valence-corrected chi connectivity index (χ3v) is 1.76. The summed E-state index contributed by atoms with van der Waals surface area (Å²) in [5, 5.41) is 2.77. The van der Waals surface area contributed by atoms with Crippen LogP contribution < -0.4 is 5.73 Å². The summed E-state index contributed by atoms with van der Waals surface area (Å²) in [6.45, 7) is 5.59. The van der Waals surface area contributed by atoms with Gasteiger partial charge in [-0.25, -0.2) is 4.98 Å². The van der Waals surface area contributed by atoms with E-state index >= 15 is 0 Å². The summed E-state index contributed by atoms with van der Waals surface area (Å²) in [4.78, 5) is 4.09. The smallest absolute Gasteiger partial charge is 0.0933 e. The molecular formula is C6H9N2S. The lowest BCUT2D eigenvalue weighted by molar-refractivity contribution is 0.788. The van der Waals surface area contributed by atoms with Gasteiger partial charge in [-0.2, -0.15) is 0 Å². The van der Waals surface area contributed by atoms with Crippen LogP contribution >= 0.6 is 11.3 Å².